The van der Waals surface area contributed by atoms with Crippen LogP contribution in [0.1, 0.15) is 18.4 Å². The predicted octanol–water partition coefficient (Wildman–Crippen LogP) is 2.30. The Morgan fingerprint density at radius 1 is 1.60 bits per heavy atom. The molecule has 0 bridgehead atoms. The molecule has 0 amide bonds. The molecule has 1 aromatic rings. The summed E-state index contributed by atoms with van der Waals surface area (Å²) in [6.07, 6.45) is 2.06. The van der Waals surface area contributed by atoms with Gasteiger partial charge in [-0.3, -0.25) is 0 Å². The quantitative estimate of drug-likeness (QED) is 0.381. The summed E-state index contributed by atoms with van der Waals surface area (Å²) in [5.74, 6) is -0.540. The normalized spacial score (nSPS) is 20.2. The molecule has 1 aliphatic rings. The summed E-state index contributed by atoms with van der Waals surface area (Å²) in [4.78, 5) is 1.95. The first kappa shape index (κ1) is 15.1. The molecule has 1 heterocycles. The number of nitrogens with zero attached hydrogens (tertiary/aromatic N) is 2. The van der Waals surface area contributed by atoms with E-state index in [0.717, 1.165) is 19.4 Å². The maximum Gasteiger partial charge on any atom is 0.171 e. The molecule has 1 fully saturated rings. The van der Waals surface area contributed by atoms with E-state index in [-0.39, 0.29) is 16.4 Å². The number of nitrogens with two attached hydrogens (primary N) is 1. The van der Waals surface area contributed by atoms with E-state index in [2.05, 4.69) is 21.1 Å². The molecule has 110 valence electrons. The van der Waals surface area contributed by atoms with E-state index in [9.17, 15) is 4.39 Å². The summed E-state index contributed by atoms with van der Waals surface area (Å²) >= 11 is 3.17. The maximum atomic E-state index is 14.5. The fraction of sp³-hybridized carbons (Fsp3) is 0.462. The molecule has 0 aromatic heterocycles. The Hall–Kier alpha value is -1.34. The molecule has 1 saturated heterocycles. The van der Waals surface area contributed by atoms with Gasteiger partial charge >= 0.3 is 0 Å². The van der Waals surface area contributed by atoms with Gasteiger partial charge in [0, 0.05) is 25.8 Å². The summed E-state index contributed by atoms with van der Waals surface area (Å²) in [6.45, 7) is 1.44. The fourth-order valence-electron chi connectivity index (χ4n) is 2.38. The van der Waals surface area contributed by atoms with E-state index in [1.807, 2.05) is 4.90 Å². The van der Waals surface area contributed by atoms with Crippen LogP contribution in [0.25, 0.3) is 0 Å². The molecule has 1 aromatic carbocycles. The zero-order valence-electron chi connectivity index (χ0n) is 11.1. The topological polar surface area (TPSA) is 71.1 Å². The molecule has 1 atom stereocenters. The SMILES string of the molecule is COC1CCCN(c2ccc(/C(N)=N/O)c(Br)c2F)C1. The zero-order valence-corrected chi connectivity index (χ0v) is 12.7. The molecule has 5 nitrogen and oxygen atoms in total. The van der Waals surface area contributed by atoms with E-state index in [1.165, 1.54) is 0 Å². The molecule has 20 heavy (non-hydrogen) atoms. The molecular formula is C13H17BrFN3O2. The van der Waals surface area contributed by atoms with Gasteiger partial charge in [0.1, 0.15) is 0 Å². The molecule has 0 radical (unpaired) electrons. The van der Waals surface area contributed by atoms with E-state index < -0.39 is 5.82 Å². The van der Waals surface area contributed by atoms with E-state index in [1.54, 1.807) is 19.2 Å². The van der Waals surface area contributed by atoms with Crippen LogP contribution >= 0.6 is 15.9 Å². The van der Waals surface area contributed by atoms with Crippen molar-refractivity contribution in [2.45, 2.75) is 18.9 Å². The molecule has 1 aliphatic heterocycles. The monoisotopic (exact) mass is 345 g/mol. The Bertz CT molecular complexity index is 525. The van der Waals surface area contributed by atoms with Crippen LogP contribution in [0.15, 0.2) is 21.8 Å². The summed E-state index contributed by atoms with van der Waals surface area (Å²) < 4.78 is 20.0. The van der Waals surface area contributed by atoms with Gasteiger partial charge in [0.25, 0.3) is 0 Å². The van der Waals surface area contributed by atoms with Gasteiger partial charge in [-0.2, -0.15) is 0 Å². The van der Waals surface area contributed by atoms with Crippen molar-refractivity contribution in [2.75, 3.05) is 25.1 Å². The molecule has 0 aliphatic carbocycles. The Labute approximate surface area is 125 Å². The standard InChI is InChI=1S/C13H17BrFN3O2/c1-20-8-3-2-6-18(7-8)10-5-4-9(13(16)17-19)11(14)12(10)15/h4-5,8,19H,2-3,6-7H2,1H3,(H2,16,17). The molecule has 0 saturated carbocycles. The molecule has 3 N–H and O–H groups in total. The average Bonchev–Trinajstić information content (AvgIpc) is 2.49. The number of benzene rings is 1. The second-order valence-electron chi connectivity index (χ2n) is 4.69. The van der Waals surface area contributed by atoms with Crippen molar-refractivity contribution in [1.29, 1.82) is 0 Å². The Morgan fingerprint density at radius 2 is 2.35 bits per heavy atom. The smallest absolute Gasteiger partial charge is 0.171 e. The highest BCUT2D eigenvalue weighted by Gasteiger charge is 2.24. The number of amidine groups is 1. The molecule has 2 rings (SSSR count). The third-order valence-electron chi connectivity index (χ3n) is 3.50. The van der Waals surface area contributed by atoms with Crippen LogP contribution in [0.5, 0.6) is 0 Å². The number of ether oxygens (including phenoxy) is 1. The first-order chi connectivity index (χ1) is 9.58. The van der Waals surface area contributed by atoms with Gasteiger partial charge in [-0.25, -0.2) is 4.39 Å². The molecule has 0 spiro atoms. The highest BCUT2D eigenvalue weighted by Crippen LogP contribution is 2.31. The van der Waals surface area contributed by atoms with Crippen molar-refractivity contribution in [2.24, 2.45) is 10.9 Å². The van der Waals surface area contributed by atoms with Gasteiger partial charge in [-0.1, -0.05) is 5.16 Å². The van der Waals surface area contributed by atoms with E-state index in [0.29, 0.717) is 17.8 Å². The first-order valence-electron chi connectivity index (χ1n) is 6.32. The Balaban J connectivity index is 2.32. The minimum Gasteiger partial charge on any atom is -0.409 e. The number of hydrogen-bond acceptors (Lipinski definition) is 4. The van der Waals surface area contributed by atoms with Crippen molar-refractivity contribution >= 4 is 27.5 Å². The van der Waals surface area contributed by atoms with Crippen molar-refractivity contribution in [3.8, 4) is 0 Å². The van der Waals surface area contributed by atoms with Gasteiger partial charge in [0.2, 0.25) is 0 Å². The number of hydrogen-bond donors (Lipinski definition) is 2. The molecular weight excluding hydrogens is 329 g/mol. The largest absolute Gasteiger partial charge is 0.409 e. The zero-order chi connectivity index (χ0) is 14.7. The van der Waals surface area contributed by atoms with Gasteiger partial charge in [-0.15, -0.1) is 0 Å². The number of piperidine rings is 1. The van der Waals surface area contributed by atoms with Crippen LogP contribution in [0.2, 0.25) is 0 Å². The van der Waals surface area contributed by atoms with Crippen molar-refractivity contribution in [1.82, 2.24) is 0 Å². The summed E-state index contributed by atoms with van der Waals surface area (Å²) in [5.41, 5.74) is 6.33. The van der Waals surface area contributed by atoms with Gasteiger partial charge < -0.3 is 20.6 Å². The number of oxime groups is 1. The van der Waals surface area contributed by atoms with Crippen molar-refractivity contribution in [3.05, 3.63) is 28.0 Å². The highest BCUT2D eigenvalue weighted by atomic mass is 79.9. The number of rotatable bonds is 3. The lowest BCUT2D eigenvalue weighted by Gasteiger charge is -2.34. The summed E-state index contributed by atoms with van der Waals surface area (Å²) in [6, 6.07) is 3.28. The van der Waals surface area contributed by atoms with Crippen LogP contribution in [-0.4, -0.2) is 37.3 Å². The maximum absolute atomic E-state index is 14.5. The third kappa shape index (κ3) is 2.88. The summed E-state index contributed by atoms with van der Waals surface area (Å²) in [5, 5.41) is 11.6. The minimum atomic E-state index is -0.411. The minimum absolute atomic E-state index is 0.116. The average molecular weight is 346 g/mol. The predicted molar refractivity (Wildman–Crippen MR) is 78.9 cm³/mol. The third-order valence-corrected chi connectivity index (χ3v) is 4.27. The van der Waals surface area contributed by atoms with Crippen LogP contribution < -0.4 is 10.6 Å². The molecule has 7 heteroatoms. The second-order valence-corrected chi connectivity index (χ2v) is 5.48. The van der Waals surface area contributed by atoms with Crippen molar-refractivity contribution < 1.29 is 14.3 Å². The van der Waals surface area contributed by atoms with Gasteiger partial charge in [-0.05, 0) is 40.9 Å². The Morgan fingerprint density at radius 3 is 3.00 bits per heavy atom. The van der Waals surface area contributed by atoms with Crippen LogP contribution in [0.3, 0.4) is 0 Å². The Kier molecular flexibility index (Phi) is 4.82. The van der Waals surface area contributed by atoms with Crippen molar-refractivity contribution in [3.63, 3.8) is 0 Å². The number of methoxy groups -OCH3 is 1. The lowest BCUT2D eigenvalue weighted by Crippen LogP contribution is -2.39. The van der Waals surface area contributed by atoms with Crippen LogP contribution in [0, 0.1) is 5.82 Å². The first-order valence-corrected chi connectivity index (χ1v) is 7.11. The second kappa shape index (κ2) is 6.41. The number of halogens is 2. The highest BCUT2D eigenvalue weighted by molar-refractivity contribution is 9.10. The van der Waals surface area contributed by atoms with Gasteiger partial charge in [0.05, 0.1) is 16.3 Å². The summed E-state index contributed by atoms with van der Waals surface area (Å²) in [7, 11) is 1.67. The van der Waals surface area contributed by atoms with Crippen LogP contribution in [0.4, 0.5) is 10.1 Å². The van der Waals surface area contributed by atoms with Gasteiger partial charge in [0.15, 0.2) is 11.7 Å². The molecule has 1 unspecified atom stereocenters. The van der Waals surface area contributed by atoms with E-state index >= 15 is 0 Å². The fourth-order valence-corrected chi connectivity index (χ4v) is 2.92. The van der Waals surface area contributed by atoms with E-state index in [4.69, 9.17) is 15.7 Å². The lowest BCUT2D eigenvalue weighted by molar-refractivity contribution is 0.0891. The number of anilines is 1. The lowest BCUT2D eigenvalue weighted by atomic mass is 10.1. The van der Waals surface area contributed by atoms with Crippen LogP contribution in [-0.2, 0) is 4.74 Å².